The van der Waals surface area contributed by atoms with Gasteiger partial charge in [-0.15, -0.1) is 0 Å². The van der Waals surface area contributed by atoms with E-state index in [9.17, 15) is 9.90 Å². The zero-order valence-electron chi connectivity index (χ0n) is 7.86. The minimum atomic E-state index is -0.430. The van der Waals surface area contributed by atoms with Crippen molar-refractivity contribution >= 4 is 5.97 Å². The maximum absolute atomic E-state index is 11.0. The molecule has 0 aromatic heterocycles. The van der Waals surface area contributed by atoms with E-state index in [2.05, 4.69) is 0 Å². The van der Waals surface area contributed by atoms with Crippen molar-refractivity contribution in [3.63, 3.8) is 0 Å². The molecule has 1 rings (SSSR count). The molecule has 4 heteroatoms. The van der Waals surface area contributed by atoms with Crippen molar-refractivity contribution in [1.29, 1.82) is 0 Å². The highest BCUT2D eigenvalue weighted by atomic mass is 16.5. The largest absolute Gasteiger partial charge is 0.462 e. The molecule has 1 fully saturated rings. The average molecular weight is 188 g/mol. The maximum atomic E-state index is 11.0. The zero-order valence-corrected chi connectivity index (χ0v) is 7.86. The van der Waals surface area contributed by atoms with Crippen LogP contribution < -0.4 is 0 Å². The minimum Gasteiger partial charge on any atom is -0.462 e. The van der Waals surface area contributed by atoms with E-state index < -0.39 is 6.10 Å². The summed E-state index contributed by atoms with van der Waals surface area (Å²) in [5.74, 6) is -0.249. The molecule has 4 nitrogen and oxygen atoms in total. The van der Waals surface area contributed by atoms with Crippen LogP contribution in [0.1, 0.15) is 26.2 Å². The lowest BCUT2D eigenvalue weighted by atomic mass is 10.1. The van der Waals surface area contributed by atoms with Crippen molar-refractivity contribution < 1.29 is 19.4 Å². The molecule has 0 aliphatic carbocycles. The summed E-state index contributed by atoms with van der Waals surface area (Å²) in [5, 5.41) is 9.42. The first-order chi connectivity index (χ1) is 6.18. The lowest BCUT2D eigenvalue weighted by molar-refractivity contribution is -0.151. The number of carbonyl (C=O) groups excluding carboxylic acids is 1. The number of aliphatic hydroxyl groups is 1. The lowest BCUT2D eigenvalue weighted by Crippen LogP contribution is -2.24. The van der Waals surface area contributed by atoms with Gasteiger partial charge in [-0.05, 0) is 13.3 Å². The summed E-state index contributed by atoms with van der Waals surface area (Å²) >= 11 is 0. The van der Waals surface area contributed by atoms with E-state index in [4.69, 9.17) is 9.47 Å². The Morgan fingerprint density at radius 1 is 1.46 bits per heavy atom. The quantitative estimate of drug-likeness (QED) is 0.562. The number of ether oxygens (including phenoxy) is 2. The third-order valence-electron chi connectivity index (χ3n) is 1.98. The van der Waals surface area contributed by atoms with Gasteiger partial charge in [-0.25, -0.2) is 0 Å². The van der Waals surface area contributed by atoms with Crippen LogP contribution in [0.15, 0.2) is 0 Å². The highest BCUT2D eigenvalue weighted by Crippen LogP contribution is 2.09. The standard InChI is InChI=1S/C9H16O4/c1-7-6-8(10)2-4-12-5-3-9(11)13-7/h7-8,10H,2-6H2,1H3. The van der Waals surface area contributed by atoms with E-state index in [-0.39, 0.29) is 12.1 Å². The first kappa shape index (κ1) is 10.5. The van der Waals surface area contributed by atoms with Crippen LogP contribution in [0, 0.1) is 0 Å². The molecule has 2 unspecified atom stereocenters. The number of hydrogen-bond donors (Lipinski definition) is 1. The number of aliphatic hydroxyl groups excluding tert-OH is 1. The summed E-state index contributed by atoms with van der Waals surface area (Å²) in [6.45, 7) is 2.70. The van der Waals surface area contributed by atoms with Crippen LogP contribution in [0.3, 0.4) is 0 Å². The average Bonchev–Trinajstić information content (AvgIpc) is 2.02. The van der Waals surface area contributed by atoms with Crippen LogP contribution in [0.25, 0.3) is 0 Å². The zero-order chi connectivity index (χ0) is 9.68. The van der Waals surface area contributed by atoms with Gasteiger partial charge in [0.15, 0.2) is 0 Å². The van der Waals surface area contributed by atoms with Gasteiger partial charge in [0.2, 0.25) is 0 Å². The molecule has 1 aliphatic rings. The molecule has 1 aliphatic heterocycles. The molecule has 0 radical (unpaired) electrons. The summed E-state index contributed by atoms with van der Waals surface area (Å²) in [5.41, 5.74) is 0. The van der Waals surface area contributed by atoms with E-state index >= 15 is 0 Å². The molecule has 1 heterocycles. The van der Waals surface area contributed by atoms with Crippen LogP contribution in [0.5, 0.6) is 0 Å². The van der Waals surface area contributed by atoms with Gasteiger partial charge in [-0.2, -0.15) is 0 Å². The summed E-state index contributed by atoms with van der Waals surface area (Å²) in [6.07, 6.45) is 0.791. The summed E-state index contributed by atoms with van der Waals surface area (Å²) in [6, 6.07) is 0. The van der Waals surface area contributed by atoms with E-state index in [1.165, 1.54) is 0 Å². The van der Waals surface area contributed by atoms with Gasteiger partial charge >= 0.3 is 5.97 Å². The number of hydrogen-bond acceptors (Lipinski definition) is 4. The van der Waals surface area contributed by atoms with Crippen molar-refractivity contribution in [3.8, 4) is 0 Å². The molecule has 0 spiro atoms. The van der Waals surface area contributed by atoms with Gasteiger partial charge < -0.3 is 14.6 Å². The Morgan fingerprint density at radius 2 is 2.23 bits per heavy atom. The van der Waals surface area contributed by atoms with Crippen molar-refractivity contribution in [3.05, 3.63) is 0 Å². The number of carbonyl (C=O) groups is 1. The Balaban J connectivity index is 2.39. The smallest absolute Gasteiger partial charge is 0.308 e. The second-order valence-electron chi connectivity index (χ2n) is 3.34. The van der Waals surface area contributed by atoms with Gasteiger partial charge in [0.05, 0.1) is 19.1 Å². The molecule has 0 bridgehead atoms. The van der Waals surface area contributed by atoms with Crippen LogP contribution in [-0.4, -0.2) is 36.5 Å². The molecule has 0 aromatic rings. The number of rotatable bonds is 0. The molecule has 1 saturated heterocycles. The molecule has 2 atom stereocenters. The maximum Gasteiger partial charge on any atom is 0.308 e. The molecule has 13 heavy (non-hydrogen) atoms. The van der Waals surface area contributed by atoms with E-state index in [0.29, 0.717) is 32.5 Å². The first-order valence-corrected chi connectivity index (χ1v) is 4.64. The first-order valence-electron chi connectivity index (χ1n) is 4.64. The fraction of sp³-hybridized carbons (Fsp3) is 0.889. The van der Waals surface area contributed by atoms with Gasteiger partial charge in [0.1, 0.15) is 6.10 Å². The van der Waals surface area contributed by atoms with Crippen LogP contribution in [0.2, 0.25) is 0 Å². The third kappa shape index (κ3) is 4.24. The van der Waals surface area contributed by atoms with E-state index in [0.717, 1.165) is 0 Å². The molecular formula is C9H16O4. The SMILES string of the molecule is CC1CC(O)CCOCCC(=O)O1. The van der Waals surface area contributed by atoms with Gasteiger partial charge in [0.25, 0.3) is 0 Å². The highest BCUT2D eigenvalue weighted by Gasteiger charge is 2.16. The van der Waals surface area contributed by atoms with Crippen molar-refractivity contribution in [2.75, 3.05) is 13.2 Å². The normalized spacial score (nSPS) is 32.3. The highest BCUT2D eigenvalue weighted by molar-refractivity contribution is 5.69. The van der Waals surface area contributed by atoms with Gasteiger partial charge in [0, 0.05) is 13.0 Å². The predicted octanol–water partition coefficient (Wildman–Crippen LogP) is 0.479. The van der Waals surface area contributed by atoms with Crippen molar-refractivity contribution in [2.45, 2.75) is 38.4 Å². The van der Waals surface area contributed by atoms with Crippen LogP contribution in [0.4, 0.5) is 0 Å². The Kier molecular flexibility index (Phi) is 4.18. The monoisotopic (exact) mass is 188 g/mol. The molecule has 1 N–H and O–H groups in total. The Bertz CT molecular complexity index is 169. The Labute approximate surface area is 77.8 Å². The predicted molar refractivity (Wildman–Crippen MR) is 46.2 cm³/mol. The Hall–Kier alpha value is -0.610. The fourth-order valence-electron chi connectivity index (χ4n) is 1.31. The van der Waals surface area contributed by atoms with E-state index in [1.54, 1.807) is 6.92 Å². The number of cyclic esters (lactones) is 1. The van der Waals surface area contributed by atoms with Crippen molar-refractivity contribution in [2.24, 2.45) is 0 Å². The topological polar surface area (TPSA) is 55.8 Å². The molecule has 0 saturated carbocycles. The van der Waals surface area contributed by atoms with E-state index in [1.807, 2.05) is 0 Å². The molecular weight excluding hydrogens is 172 g/mol. The molecule has 76 valence electrons. The summed E-state index contributed by atoms with van der Waals surface area (Å²) < 4.78 is 10.1. The second-order valence-corrected chi connectivity index (χ2v) is 3.34. The lowest BCUT2D eigenvalue weighted by Gasteiger charge is -2.19. The molecule has 0 aromatic carbocycles. The summed E-state index contributed by atoms with van der Waals surface area (Å²) in [7, 11) is 0. The van der Waals surface area contributed by atoms with Gasteiger partial charge in [-0.3, -0.25) is 4.79 Å². The van der Waals surface area contributed by atoms with Gasteiger partial charge in [-0.1, -0.05) is 0 Å². The summed E-state index contributed by atoms with van der Waals surface area (Å²) in [4.78, 5) is 11.0. The number of esters is 1. The van der Waals surface area contributed by atoms with Crippen LogP contribution in [-0.2, 0) is 14.3 Å². The second kappa shape index (κ2) is 5.19. The fourth-order valence-corrected chi connectivity index (χ4v) is 1.31. The minimum absolute atomic E-state index is 0.194. The van der Waals surface area contributed by atoms with Crippen LogP contribution >= 0.6 is 0 Å². The Morgan fingerprint density at radius 3 is 3.00 bits per heavy atom. The molecule has 0 amide bonds. The third-order valence-corrected chi connectivity index (χ3v) is 1.98. The van der Waals surface area contributed by atoms with Crippen molar-refractivity contribution in [1.82, 2.24) is 0 Å².